The van der Waals surface area contributed by atoms with Crippen molar-refractivity contribution in [3.8, 4) is 0 Å². The van der Waals surface area contributed by atoms with Crippen molar-refractivity contribution in [2.75, 3.05) is 43.4 Å². The van der Waals surface area contributed by atoms with Gasteiger partial charge in [-0.15, -0.1) is 11.3 Å². The summed E-state index contributed by atoms with van der Waals surface area (Å²) in [5.74, 6) is -1.08. The highest BCUT2D eigenvalue weighted by Crippen LogP contribution is 2.17. The summed E-state index contributed by atoms with van der Waals surface area (Å²) in [5.41, 5.74) is 0.711. The first-order chi connectivity index (χ1) is 13.4. The van der Waals surface area contributed by atoms with Crippen LogP contribution in [0, 0.1) is 5.82 Å². The minimum atomic E-state index is -0.409. The van der Waals surface area contributed by atoms with Crippen LogP contribution >= 0.6 is 11.3 Å². The van der Waals surface area contributed by atoms with Gasteiger partial charge in [0.15, 0.2) is 5.13 Å². The molecule has 0 aliphatic carbocycles. The number of nitrogens with zero attached hydrogens (tertiary/aromatic N) is 3. The van der Waals surface area contributed by atoms with Crippen molar-refractivity contribution in [1.82, 2.24) is 14.8 Å². The van der Waals surface area contributed by atoms with Gasteiger partial charge in [0.05, 0.1) is 6.54 Å². The van der Waals surface area contributed by atoms with Crippen LogP contribution in [0.2, 0.25) is 0 Å². The highest BCUT2D eigenvalue weighted by Gasteiger charge is 2.25. The van der Waals surface area contributed by atoms with Crippen molar-refractivity contribution in [3.63, 3.8) is 0 Å². The molecule has 1 fully saturated rings. The maximum Gasteiger partial charge on any atom is 0.273 e. The molecule has 2 N–H and O–H groups in total. The summed E-state index contributed by atoms with van der Waals surface area (Å²) in [6.07, 6.45) is 0. The second kappa shape index (κ2) is 8.89. The molecule has 1 aliphatic rings. The van der Waals surface area contributed by atoms with Gasteiger partial charge in [0, 0.05) is 44.2 Å². The van der Waals surface area contributed by atoms with Crippen LogP contribution in [0.5, 0.6) is 0 Å². The summed E-state index contributed by atoms with van der Waals surface area (Å²) in [7, 11) is 0. The Balaban J connectivity index is 1.47. The number of amides is 3. The van der Waals surface area contributed by atoms with Gasteiger partial charge in [-0.05, 0) is 18.2 Å². The van der Waals surface area contributed by atoms with Gasteiger partial charge in [0.1, 0.15) is 11.5 Å². The number of carbonyl (C=O) groups excluding carboxylic acids is 3. The molecule has 0 saturated carbocycles. The van der Waals surface area contributed by atoms with Crippen LogP contribution in [0.4, 0.5) is 15.2 Å². The van der Waals surface area contributed by atoms with Gasteiger partial charge in [0.2, 0.25) is 11.8 Å². The molecule has 2 aromatic rings. The normalized spacial score (nSPS) is 14.6. The van der Waals surface area contributed by atoms with Crippen molar-refractivity contribution < 1.29 is 18.8 Å². The van der Waals surface area contributed by atoms with E-state index in [0.717, 1.165) is 0 Å². The van der Waals surface area contributed by atoms with Gasteiger partial charge in [-0.1, -0.05) is 6.07 Å². The first-order valence-corrected chi connectivity index (χ1v) is 9.59. The molecule has 0 atom stereocenters. The molecule has 0 unspecified atom stereocenters. The number of aromatic nitrogens is 1. The molecule has 0 spiro atoms. The summed E-state index contributed by atoms with van der Waals surface area (Å²) in [5, 5.41) is 7.23. The molecule has 1 aromatic carbocycles. The van der Waals surface area contributed by atoms with E-state index in [-0.39, 0.29) is 24.3 Å². The van der Waals surface area contributed by atoms with Crippen LogP contribution in [-0.2, 0) is 9.59 Å². The number of hydrogen-bond acceptors (Lipinski definition) is 6. The summed E-state index contributed by atoms with van der Waals surface area (Å²) < 4.78 is 13.2. The van der Waals surface area contributed by atoms with Crippen molar-refractivity contribution in [3.05, 3.63) is 41.2 Å². The fraction of sp³-hybridized carbons (Fsp3) is 0.333. The first kappa shape index (κ1) is 19.9. The lowest BCUT2D eigenvalue weighted by molar-refractivity contribution is -0.117. The van der Waals surface area contributed by atoms with Gasteiger partial charge >= 0.3 is 0 Å². The molecule has 148 valence electrons. The number of thiazole rings is 1. The Hall–Kier alpha value is -2.85. The van der Waals surface area contributed by atoms with Crippen LogP contribution in [0.1, 0.15) is 17.4 Å². The molecule has 0 radical (unpaired) electrons. The van der Waals surface area contributed by atoms with Gasteiger partial charge in [-0.3, -0.25) is 19.3 Å². The predicted octanol–water partition coefficient (Wildman–Crippen LogP) is 1.64. The van der Waals surface area contributed by atoms with Gasteiger partial charge in [-0.2, -0.15) is 0 Å². The van der Waals surface area contributed by atoms with Crippen molar-refractivity contribution in [1.29, 1.82) is 0 Å². The Kier molecular flexibility index (Phi) is 6.32. The van der Waals surface area contributed by atoms with Gasteiger partial charge in [-0.25, -0.2) is 9.37 Å². The summed E-state index contributed by atoms with van der Waals surface area (Å²) in [6, 6.07) is 5.73. The van der Waals surface area contributed by atoms with E-state index in [9.17, 15) is 18.8 Å². The molecular weight excluding hydrogens is 385 g/mol. The lowest BCUT2D eigenvalue weighted by Crippen LogP contribution is -2.50. The highest BCUT2D eigenvalue weighted by atomic mass is 32.1. The molecule has 1 aromatic heterocycles. The van der Waals surface area contributed by atoms with Crippen LogP contribution in [0.15, 0.2) is 29.6 Å². The molecule has 3 amide bonds. The van der Waals surface area contributed by atoms with E-state index in [1.807, 2.05) is 4.90 Å². The van der Waals surface area contributed by atoms with E-state index < -0.39 is 5.82 Å². The van der Waals surface area contributed by atoms with Gasteiger partial charge in [0.25, 0.3) is 5.91 Å². The van der Waals surface area contributed by atoms with Crippen LogP contribution < -0.4 is 10.6 Å². The van der Waals surface area contributed by atoms with Crippen LogP contribution in [0.25, 0.3) is 0 Å². The standard InChI is InChI=1S/C18H20FN5O3S/c1-12(25)20-18-22-15(11-28-18)17(27)24-7-5-23(6-8-24)10-16(26)21-14-4-2-3-13(19)9-14/h2-4,9,11H,5-8,10H2,1H3,(H,21,26)(H,20,22,25). The third-order valence-corrected chi connectivity index (χ3v) is 4.90. The quantitative estimate of drug-likeness (QED) is 0.789. The highest BCUT2D eigenvalue weighted by molar-refractivity contribution is 7.14. The molecular formula is C18H20FN5O3S. The topological polar surface area (TPSA) is 94.6 Å². The zero-order valence-electron chi connectivity index (χ0n) is 15.3. The average molecular weight is 405 g/mol. The van der Waals surface area contributed by atoms with Crippen LogP contribution in [0.3, 0.4) is 0 Å². The SMILES string of the molecule is CC(=O)Nc1nc(C(=O)N2CCN(CC(=O)Nc3cccc(F)c3)CC2)cs1. The fourth-order valence-electron chi connectivity index (χ4n) is 2.82. The number of nitrogens with one attached hydrogen (secondary N) is 2. The Labute approximate surface area is 165 Å². The molecule has 28 heavy (non-hydrogen) atoms. The lowest BCUT2D eigenvalue weighted by atomic mass is 10.2. The molecule has 2 heterocycles. The average Bonchev–Trinajstić information content (AvgIpc) is 3.09. The van der Waals surface area contributed by atoms with Gasteiger partial charge < -0.3 is 15.5 Å². The minimum absolute atomic E-state index is 0.169. The van der Waals surface area contributed by atoms with Crippen molar-refractivity contribution >= 4 is 39.9 Å². The van der Waals surface area contributed by atoms with E-state index in [1.165, 1.54) is 36.5 Å². The van der Waals surface area contributed by atoms with Crippen LogP contribution in [-0.4, -0.2) is 65.2 Å². The maximum absolute atomic E-state index is 13.2. The Morgan fingerprint density at radius 1 is 1.18 bits per heavy atom. The monoisotopic (exact) mass is 405 g/mol. The summed E-state index contributed by atoms with van der Waals surface area (Å²) in [6.45, 7) is 3.59. The molecule has 8 nitrogen and oxygen atoms in total. The first-order valence-electron chi connectivity index (χ1n) is 8.71. The second-order valence-corrected chi connectivity index (χ2v) is 7.20. The number of halogens is 1. The van der Waals surface area contributed by atoms with E-state index in [4.69, 9.17) is 0 Å². The number of anilines is 2. The maximum atomic E-state index is 13.2. The number of benzene rings is 1. The molecule has 3 rings (SSSR count). The smallest absolute Gasteiger partial charge is 0.273 e. The van der Waals surface area contributed by atoms with Crippen molar-refractivity contribution in [2.45, 2.75) is 6.92 Å². The third kappa shape index (κ3) is 5.33. The van der Waals surface area contributed by atoms with E-state index in [0.29, 0.717) is 42.7 Å². The number of hydrogen-bond donors (Lipinski definition) is 2. The molecule has 10 heteroatoms. The second-order valence-electron chi connectivity index (χ2n) is 6.35. The molecule has 1 saturated heterocycles. The zero-order valence-corrected chi connectivity index (χ0v) is 16.1. The van der Waals surface area contributed by atoms with E-state index >= 15 is 0 Å². The number of piperazine rings is 1. The van der Waals surface area contributed by atoms with Crippen molar-refractivity contribution in [2.24, 2.45) is 0 Å². The summed E-state index contributed by atoms with van der Waals surface area (Å²) in [4.78, 5) is 43.4. The largest absolute Gasteiger partial charge is 0.335 e. The fourth-order valence-corrected chi connectivity index (χ4v) is 3.55. The Morgan fingerprint density at radius 2 is 1.93 bits per heavy atom. The third-order valence-electron chi connectivity index (χ3n) is 4.14. The molecule has 1 aliphatic heterocycles. The number of carbonyl (C=O) groups is 3. The predicted molar refractivity (Wildman–Crippen MR) is 104 cm³/mol. The van der Waals surface area contributed by atoms with E-state index in [1.54, 1.807) is 16.3 Å². The summed E-state index contributed by atoms with van der Waals surface area (Å²) >= 11 is 1.20. The minimum Gasteiger partial charge on any atom is -0.335 e. The van der Waals surface area contributed by atoms with E-state index in [2.05, 4.69) is 15.6 Å². The Bertz CT molecular complexity index is 880. The lowest BCUT2D eigenvalue weighted by Gasteiger charge is -2.33. The molecule has 0 bridgehead atoms. The number of rotatable bonds is 5. The Morgan fingerprint density at radius 3 is 2.61 bits per heavy atom. The zero-order chi connectivity index (χ0) is 20.1.